The fourth-order valence-corrected chi connectivity index (χ4v) is 3.09. The first-order valence-corrected chi connectivity index (χ1v) is 6.78. The zero-order valence-corrected chi connectivity index (χ0v) is 10.6. The maximum Gasteiger partial charge on any atom is 0.0373 e. The van der Waals surface area contributed by atoms with Gasteiger partial charge in [-0.3, -0.25) is 0 Å². The summed E-state index contributed by atoms with van der Waals surface area (Å²) in [6, 6.07) is 4.19. The first kappa shape index (κ1) is 11.4. The molecule has 0 amide bonds. The van der Waals surface area contributed by atoms with Gasteiger partial charge in [0.15, 0.2) is 0 Å². The van der Waals surface area contributed by atoms with Crippen molar-refractivity contribution < 1.29 is 0 Å². The van der Waals surface area contributed by atoms with E-state index in [9.17, 15) is 0 Å². The molecule has 2 atom stereocenters. The predicted octanol–water partition coefficient (Wildman–Crippen LogP) is 3.72. The molecule has 2 nitrogen and oxygen atoms in total. The first-order valence-electron chi connectivity index (χ1n) is 6.78. The smallest absolute Gasteiger partial charge is 0.0373 e. The fraction of sp³-hybridized carbons (Fsp3) is 0.375. The number of anilines is 2. The molecule has 0 fully saturated rings. The summed E-state index contributed by atoms with van der Waals surface area (Å²) in [5.74, 6) is 0.962. The summed E-state index contributed by atoms with van der Waals surface area (Å²) in [4.78, 5) is 0. The molecule has 94 valence electrons. The Kier molecular flexibility index (Phi) is 2.86. The van der Waals surface area contributed by atoms with Crippen LogP contribution in [0.5, 0.6) is 0 Å². The SMILES string of the molecule is Nc1cc(N)c(C2C=CCC2)cc1C1C=CCC1. The third kappa shape index (κ3) is 1.92. The average Bonchev–Trinajstić information content (AvgIpc) is 3.01. The second-order valence-corrected chi connectivity index (χ2v) is 5.33. The fourth-order valence-electron chi connectivity index (χ4n) is 3.09. The van der Waals surface area contributed by atoms with Gasteiger partial charge in [0.05, 0.1) is 0 Å². The van der Waals surface area contributed by atoms with E-state index in [0.717, 1.165) is 24.2 Å². The van der Waals surface area contributed by atoms with Crippen molar-refractivity contribution in [2.45, 2.75) is 37.5 Å². The zero-order valence-electron chi connectivity index (χ0n) is 10.6. The molecule has 4 N–H and O–H groups in total. The Morgan fingerprint density at radius 2 is 1.28 bits per heavy atom. The standard InChI is InChI=1S/C16H20N2/c17-15-10-16(18)14(12-7-3-4-8-12)9-13(15)11-5-1-2-6-11/h1,3,5,7,9-12H,2,4,6,8,17-18H2. The quantitative estimate of drug-likeness (QED) is 0.611. The van der Waals surface area contributed by atoms with Crippen LogP contribution in [-0.2, 0) is 0 Å². The lowest BCUT2D eigenvalue weighted by molar-refractivity contribution is 0.782. The summed E-state index contributed by atoms with van der Waals surface area (Å²) in [5.41, 5.74) is 16.5. The van der Waals surface area contributed by atoms with Crippen LogP contribution in [0.25, 0.3) is 0 Å². The van der Waals surface area contributed by atoms with E-state index in [4.69, 9.17) is 11.5 Å². The number of nitrogens with two attached hydrogens (primary N) is 2. The van der Waals surface area contributed by atoms with Crippen molar-refractivity contribution in [1.29, 1.82) is 0 Å². The molecular formula is C16H20N2. The monoisotopic (exact) mass is 240 g/mol. The Morgan fingerprint density at radius 1 is 0.778 bits per heavy atom. The van der Waals surface area contributed by atoms with Crippen molar-refractivity contribution >= 4 is 11.4 Å². The normalized spacial score (nSPS) is 26.0. The molecule has 1 aromatic rings. The molecule has 0 spiro atoms. The topological polar surface area (TPSA) is 52.0 Å². The van der Waals surface area contributed by atoms with Crippen LogP contribution in [0.2, 0.25) is 0 Å². The lowest BCUT2D eigenvalue weighted by Gasteiger charge is -2.18. The van der Waals surface area contributed by atoms with Gasteiger partial charge in [0.1, 0.15) is 0 Å². The molecule has 2 aliphatic rings. The second kappa shape index (κ2) is 4.52. The molecule has 2 aliphatic carbocycles. The van der Waals surface area contributed by atoms with Gasteiger partial charge in [-0.15, -0.1) is 0 Å². The van der Waals surface area contributed by atoms with Crippen LogP contribution in [0.3, 0.4) is 0 Å². The van der Waals surface area contributed by atoms with Gasteiger partial charge in [0.2, 0.25) is 0 Å². The van der Waals surface area contributed by atoms with E-state index < -0.39 is 0 Å². The Balaban J connectivity index is 2.01. The molecule has 0 heterocycles. The largest absolute Gasteiger partial charge is 0.398 e. The van der Waals surface area contributed by atoms with E-state index in [0.29, 0.717) is 11.8 Å². The Hall–Kier alpha value is -1.70. The number of hydrogen-bond acceptors (Lipinski definition) is 2. The van der Waals surface area contributed by atoms with Gasteiger partial charge in [-0.05, 0) is 42.9 Å². The molecule has 0 saturated carbocycles. The molecule has 0 bridgehead atoms. The van der Waals surface area contributed by atoms with Crippen LogP contribution >= 0.6 is 0 Å². The van der Waals surface area contributed by atoms with Gasteiger partial charge in [0.25, 0.3) is 0 Å². The van der Waals surface area contributed by atoms with Crippen molar-refractivity contribution in [1.82, 2.24) is 0 Å². The molecule has 0 radical (unpaired) electrons. The third-order valence-corrected chi connectivity index (χ3v) is 4.11. The number of nitrogen functional groups attached to an aromatic ring is 2. The molecule has 0 saturated heterocycles. The molecule has 1 aromatic carbocycles. The highest BCUT2D eigenvalue weighted by molar-refractivity contribution is 5.64. The number of hydrogen-bond donors (Lipinski definition) is 2. The Morgan fingerprint density at radius 3 is 1.67 bits per heavy atom. The van der Waals surface area contributed by atoms with E-state index in [1.807, 2.05) is 6.07 Å². The van der Waals surface area contributed by atoms with Gasteiger partial charge >= 0.3 is 0 Å². The van der Waals surface area contributed by atoms with E-state index >= 15 is 0 Å². The second-order valence-electron chi connectivity index (χ2n) is 5.33. The predicted molar refractivity (Wildman–Crippen MR) is 77.5 cm³/mol. The van der Waals surface area contributed by atoms with Gasteiger partial charge in [-0.2, -0.15) is 0 Å². The van der Waals surface area contributed by atoms with Crippen LogP contribution in [0.4, 0.5) is 11.4 Å². The summed E-state index contributed by atoms with van der Waals surface area (Å²) < 4.78 is 0. The summed E-state index contributed by atoms with van der Waals surface area (Å²) in [6.45, 7) is 0. The highest BCUT2D eigenvalue weighted by Gasteiger charge is 2.20. The third-order valence-electron chi connectivity index (χ3n) is 4.11. The minimum absolute atomic E-state index is 0.481. The van der Waals surface area contributed by atoms with Crippen LogP contribution in [-0.4, -0.2) is 0 Å². The molecule has 0 aromatic heterocycles. The maximum absolute atomic E-state index is 6.14. The number of rotatable bonds is 2. The lowest BCUT2D eigenvalue weighted by atomic mass is 9.89. The molecule has 3 rings (SSSR count). The van der Waals surface area contributed by atoms with Crippen LogP contribution in [0.1, 0.15) is 48.6 Å². The zero-order chi connectivity index (χ0) is 12.5. The average molecular weight is 240 g/mol. The minimum atomic E-state index is 0.481. The number of allylic oxidation sites excluding steroid dienone is 4. The van der Waals surface area contributed by atoms with Crippen LogP contribution in [0.15, 0.2) is 36.4 Å². The van der Waals surface area contributed by atoms with Gasteiger partial charge in [-0.25, -0.2) is 0 Å². The van der Waals surface area contributed by atoms with Crippen molar-refractivity contribution in [3.8, 4) is 0 Å². The van der Waals surface area contributed by atoms with Crippen molar-refractivity contribution in [3.05, 3.63) is 47.6 Å². The van der Waals surface area contributed by atoms with Crippen molar-refractivity contribution in [2.75, 3.05) is 11.5 Å². The maximum atomic E-state index is 6.14. The van der Waals surface area contributed by atoms with Gasteiger partial charge in [-0.1, -0.05) is 30.4 Å². The summed E-state index contributed by atoms with van der Waals surface area (Å²) in [6.07, 6.45) is 13.7. The summed E-state index contributed by atoms with van der Waals surface area (Å²) in [7, 11) is 0. The van der Waals surface area contributed by atoms with Crippen LogP contribution in [0, 0.1) is 0 Å². The highest BCUT2D eigenvalue weighted by atomic mass is 14.6. The Labute approximate surface area is 108 Å². The molecule has 18 heavy (non-hydrogen) atoms. The highest BCUT2D eigenvalue weighted by Crippen LogP contribution is 2.39. The van der Waals surface area contributed by atoms with Crippen molar-refractivity contribution in [2.24, 2.45) is 0 Å². The Bertz CT molecular complexity index is 471. The lowest BCUT2D eigenvalue weighted by Crippen LogP contribution is -2.05. The summed E-state index contributed by atoms with van der Waals surface area (Å²) >= 11 is 0. The van der Waals surface area contributed by atoms with E-state index in [1.54, 1.807) is 0 Å². The van der Waals surface area contributed by atoms with Crippen molar-refractivity contribution in [3.63, 3.8) is 0 Å². The van der Waals surface area contributed by atoms with E-state index in [2.05, 4.69) is 30.4 Å². The number of benzene rings is 1. The van der Waals surface area contributed by atoms with Gasteiger partial charge in [0, 0.05) is 23.2 Å². The molecule has 2 unspecified atom stereocenters. The van der Waals surface area contributed by atoms with E-state index in [1.165, 1.54) is 24.0 Å². The molecular weight excluding hydrogens is 220 g/mol. The first-order chi connectivity index (χ1) is 8.75. The molecule has 2 heteroatoms. The van der Waals surface area contributed by atoms with Gasteiger partial charge < -0.3 is 11.5 Å². The van der Waals surface area contributed by atoms with E-state index in [-0.39, 0.29) is 0 Å². The molecule has 0 aliphatic heterocycles. The van der Waals surface area contributed by atoms with Crippen LogP contribution < -0.4 is 11.5 Å². The summed E-state index contributed by atoms with van der Waals surface area (Å²) in [5, 5.41) is 0. The minimum Gasteiger partial charge on any atom is -0.398 e.